The standard InChI is InChI=1S/C14H23ClN2O2S2/c1-5-17(10-11-6-7-12(15)20-11)13(18)16-8-9-21(19)14(2,3)4/h6-7H,5,8-10H2,1-4H3,(H,16,18). The minimum absolute atomic E-state index is 0.132. The highest BCUT2D eigenvalue weighted by Crippen LogP contribution is 2.22. The van der Waals surface area contributed by atoms with E-state index in [9.17, 15) is 9.00 Å². The quantitative estimate of drug-likeness (QED) is 0.853. The lowest BCUT2D eigenvalue weighted by Gasteiger charge is -2.22. The Labute approximate surface area is 138 Å². The van der Waals surface area contributed by atoms with Crippen LogP contribution in [-0.4, -0.2) is 38.7 Å². The number of halogens is 1. The number of thiophene rings is 1. The Balaban J connectivity index is 2.43. The smallest absolute Gasteiger partial charge is 0.317 e. The molecule has 0 saturated heterocycles. The summed E-state index contributed by atoms with van der Waals surface area (Å²) in [6, 6.07) is 3.63. The number of nitrogens with one attached hydrogen (secondary N) is 1. The van der Waals surface area contributed by atoms with Crippen molar-refractivity contribution >= 4 is 39.8 Å². The van der Waals surface area contributed by atoms with Gasteiger partial charge in [0, 0.05) is 39.3 Å². The molecule has 0 radical (unpaired) electrons. The molecule has 1 aromatic heterocycles. The molecule has 1 unspecified atom stereocenters. The Morgan fingerprint density at radius 2 is 2.10 bits per heavy atom. The zero-order valence-corrected chi connectivity index (χ0v) is 15.3. The molecule has 2 amide bonds. The number of amides is 2. The molecule has 4 nitrogen and oxygen atoms in total. The molecule has 0 bridgehead atoms. The van der Waals surface area contributed by atoms with E-state index < -0.39 is 10.8 Å². The third kappa shape index (κ3) is 6.36. The predicted octanol–water partition coefficient (Wildman–Crippen LogP) is 3.48. The van der Waals surface area contributed by atoms with Crippen molar-refractivity contribution in [3.05, 3.63) is 21.3 Å². The van der Waals surface area contributed by atoms with Gasteiger partial charge in [-0.25, -0.2) is 4.79 Å². The maximum Gasteiger partial charge on any atom is 0.317 e. The van der Waals surface area contributed by atoms with Crippen LogP contribution in [0.25, 0.3) is 0 Å². The Kier molecular flexibility index (Phi) is 7.16. The van der Waals surface area contributed by atoms with Crippen molar-refractivity contribution in [2.24, 2.45) is 0 Å². The molecule has 7 heteroatoms. The molecule has 1 heterocycles. The molecule has 0 aliphatic carbocycles. The van der Waals surface area contributed by atoms with E-state index in [1.807, 2.05) is 39.8 Å². The van der Waals surface area contributed by atoms with Gasteiger partial charge in [-0.2, -0.15) is 0 Å². The van der Waals surface area contributed by atoms with Gasteiger partial charge in [-0.1, -0.05) is 11.6 Å². The van der Waals surface area contributed by atoms with Crippen molar-refractivity contribution in [1.82, 2.24) is 10.2 Å². The van der Waals surface area contributed by atoms with E-state index in [1.165, 1.54) is 11.3 Å². The number of rotatable bonds is 6. The highest BCUT2D eigenvalue weighted by Gasteiger charge is 2.19. The number of nitrogens with zero attached hydrogens (tertiary/aromatic N) is 1. The normalized spacial score (nSPS) is 13.0. The summed E-state index contributed by atoms with van der Waals surface area (Å²) in [7, 11) is -0.952. The van der Waals surface area contributed by atoms with Crippen LogP contribution in [0.1, 0.15) is 32.6 Å². The minimum Gasteiger partial charge on any atom is -0.337 e. The Hall–Kier alpha value is -0.590. The molecule has 1 rings (SSSR count). The van der Waals surface area contributed by atoms with E-state index >= 15 is 0 Å². The van der Waals surface area contributed by atoms with Crippen LogP contribution in [0.4, 0.5) is 4.79 Å². The minimum atomic E-state index is -0.952. The fourth-order valence-electron chi connectivity index (χ4n) is 1.62. The van der Waals surface area contributed by atoms with Crippen LogP contribution in [0.2, 0.25) is 4.34 Å². The molecule has 0 saturated carbocycles. The fourth-order valence-corrected chi connectivity index (χ4v) is 3.62. The zero-order valence-electron chi connectivity index (χ0n) is 12.9. The highest BCUT2D eigenvalue weighted by atomic mass is 35.5. The monoisotopic (exact) mass is 350 g/mol. The SMILES string of the molecule is CCN(Cc1ccc(Cl)s1)C(=O)NCCS(=O)C(C)(C)C. The van der Waals surface area contributed by atoms with Gasteiger partial charge < -0.3 is 10.2 Å². The summed E-state index contributed by atoms with van der Waals surface area (Å²) >= 11 is 7.37. The van der Waals surface area contributed by atoms with Crippen LogP contribution in [-0.2, 0) is 17.3 Å². The molecular formula is C14H23ClN2O2S2. The highest BCUT2D eigenvalue weighted by molar-refractivity contribution is 7.86. The first-order valence-electron chi connectivity index (χ1n) is 6.89. The van der Waals surface area contributed by atoms with Gasteiger partial charge in [0.1, 0.15) is 0 Å². The summed E-state index contributed by atoms with van der Waals surface area (Å²) in [5.74, 6) is 0.470. The molecule has 0 aromatic carbocycles. The Bertz CT molecular complexity index is 497. The first kappa shape index (κ1) is 18.5. The fraction of sp³-hybridized carbons (Fsp3) is 0.643. The van der Waals surface area contributed by atoms with Crippen molar-refractivity contribution in [2.75, 3.05) is 18.8 Å². The van der Waals surface area contributed by atoms with Crippen molar-refractivity contribution in [1.29, 1.82) is 0 Å². The Morgan fingerprint density at radius 1 is 1.43 bits per heavy atom. The van der Waals surface area contributed by atoms with E-state index in [0.717, 1.165) is 9.21 Å². The van der Waals surface area contributed by atoms with Gasteiger partial charge in [-0.05, 0) is 39.8 Å². The van der Waals surface area contributed by atoms with E-state index in [1.54, 1.807) is 4.90 Å². The third-order valence-corrected chi connectivity index (χ3v) is 6.05. The summed E-state index contributed by atoms with van der Waals surface area (Å²) in [5.41, 5.74) is 0. The van der Waals surface area contributed by atoms with Crippen LogP contribution < -0.4 is 5.32 Å². The Morgan fingerprint density at radius 3 is 2.57 bits per heavy atom. The molecule has 21 heavy (non-hydrogen) atoms. The molecule has 0 spiro atoms. The summed E-state index contributed by atoms with van der Waals surface area (Å²) in [5, 5.41) is 2.83. The number of carbonyl (C=O) groups is 1. The van der Waals surface area contributed by atoms with Crippen LogP contribution in [0.3, 0.4) is 0 Å². The predicted molar refractivity (Wildman–Crippen MR) is 91.6 cm³/mol. The third-order valence-electron chi connectivity index (χ3n) is 2.89. The second-order valence-electron chi connectivity index (χ2n) is 5.61. The van der Waals surface area contributed by atoms with Gasteiger partial charge in [0.2, 0.25) is 0 Å². The van der Waals surface area contributed by atoms with E-state index in [4.69, 9.17) is 11.6 Å². The van der Waals surface area contributed by atoms with Gasteiger partial charge >= 0.3 is 6.03 Å². The molecule has 0 aliphatic rings. The van der Waals surface area contributed by atoms with Crippen molar-refractivity contribution < 1.29 is 9.00 Å². The molecule has 1 N–H and O–H groups in total. The van der Waals surface area contributed by atoms with Crippen molar-refractivity contribution in [3.63, 3.8) is 0 Å². The van der Waals surface area contributed by atoms with Gasteiger partial charge in [-0.3, -0.25) is 4.21 Å². The molecule has 120 valence electrons. The maximum absolute atomic E-state index is 12.1. The summed E-state index contributed by atoms with van der Waals surface area (Å²) < 4.78 is 12.4. The first-order chi connectivity index (χ1) is 9.74. The van der Waals surface area contributed by atoms with Crippen LogP contribution in [0.15, 0.2) is 12.1 Å². The molecule has 1 aromatic rings. The lowest BCUT2D eigenvalue weighted by molar-refractivity contribution is 0.199. The van der Waals surface area contributed by atoms with Gasteiger partial charge in [0.25, 0.3) is 0 Å². The second kappa shape index (κ2) is 8.15. The average Bonchev–Trinajstić information content (AvgIpc) is 2.80. The van der Waals surface area contributed by atoms with Gasteiger partial charge in [0.15, 0.2) is 0 Å². The average molecular weight is 351 g/mol. The topological polar surface area (TPSA) is 49.4 Å². The number of urea groups is 1. The van der Waals surface area contributed by atoms with Crippen LogP contribution >= 0.6 is 22.9 Å². The van der Waals surface area contributed by atoms with Crippen molar-refractivity contribution in [3.8, 4) is 0 Å². The van der Waals surface area contributed by atoms with E-state index in [0.29, 0.717) is 25.4 Å². The first-order valence-corrected chi connectivity index (χ1v) is 9.41. The maximum atomic E-state index is 12.1. The lowest BCUT2D eigenvalue weighted by atomic mass is 10.3. The molecule has 1 atom stereocenters. The van der Waals surface area contributed by atoms with Crippen molar-refractivity contribution in [2.45, 2.75) is 39.0 Å². The molecule has 0 fully saturated rings. The number of hydrogen-bond acceptors (Lipinski definition) is 3. The van der Waals surface area contributed by atoms with Crippen LogP contribution in [0, 0.1) is 0 Å². The second-order valence-corrected chi connectivity index (χ2v) is 9.74. The molecular weight excluding hydrogens is 328 g/mol. The zero-order chi connectivity index (χ0) is 16.0. The van der Waals surface area contributed by atoms with Gasteiger partial charge in [-0.15, -0.1) is 11.3 Å². The largest absolute Gasteiger partial charge is 0.337 e. The summed E-state index contributed by atoms with van der Waals surface area (Å²) in [4.78, 5) is 14.9. The number of carbonyl (C=O) groups excluding carboxylic acids is 1. The summed E-state index contributed by atoms with van der Waals surface area (Å²) in [6.07, 6.45) is 0. The lowest BCUT2D eigenvalue weighted by Crippen LogP contribution is -2.41. The summed E-state index contributed by atoms with van der Waals surface area (Å²) in [6.45, 7) is 9.32. The van der Waals surface area contributed by atoms with Crippen LogP contribution in [0.5, 0.6) is 0 Å². The number of hydrogen-bond donors (Lipinski definition) is 1. The van der Waals surface area contributed by atoms with E-state index in [2.05, 4.69) is 5.32 Å². The van der Waals surface area contributed by atoms with Gasteiger partial charge in [0.05, 0.1) is 10.9 Å². The molecule has 0 aliphatic heterocycles. The van der Waals surface area contributed by atoms with E-state index in [-0.39, 0.29) is 10.8 Å².